The largest absolute Gasteiger partial charge is 0.269 e. The molecular formula is C14H12NO2. The first-order chi connectivity index (χ1) is 8.16. The van der Waals surface area contributed by atoms with Gasteiger partial charge in [-0.25, -0.2) is 0 Å². The summed E-state index contributed by atoms with van der Waals surface area (Å²) in [6, 6.07) is 14.5. The van der Waals surface area contributed by atoms with Gasteiger partial charge in [-0.05, 0) is 30.0 Å². The zero-order valence-corrected chi connectivity index (χ0v) is 9.30. The second-order valence-corrected chi connectivity index (χ2v) is 3.87. The molecule has 0 heterocycles. The number of hydrogen-bond acceptors (Lipinski definition) is 2. The zero-order valence-electron chi connectivity index (χ0n) is 9.30. The SMILES string of the molecule is [CH2]c1ccccc1Cc1ccc([N+](=O)[O-])cc1. The molecule has 0 aliphatic carbocycles. The van der Waals surface area contributed by atoms with Gasteiger partial charge in [-0.3, -0.25) is 10.1 Å². The summed E-state index contributed by atoms with van der Waals surface area (Å²) in [6.07, 6.45) is 0.748. The van der Waals surface area contributed by atoms with Crippen LogP contribution in [0.25, 0.3) is 0 Å². The summed E-state index contributed by atoms with van der Waals surface area (Å²) in [5, 5.41) is 10.5. The van der Waals surface area contributed by atoms with Crippen molar-refractivity contribution in [2.75, 3.05) is 0 Å². The molecule has 0 N–H and O–H groups in total. The number of nitro groups is 1. The molecule has 0 unspecified atom stereocenters. The molecule has 0 amide bonds. The van der Waals surface area contributed by atoms with Gasteiger partial charge in [0.2, 0.25) is 0 Å². The first-order valence-corrected chi connectivity index (χ1v) is 5.30. The second-order valence-electron chi connectivity index (χ2n) is 3.87. The van der Waals surface area contributed by atoms with Gasteiger partial charge < -0.3 is 0 Å². The smallest absolute Gasteiger partial charge is 0.258 e. The lowest BCUT2D eigenvalue weighted by molar-refractivity contribution is -0.384. The van der Waals surface area contributed by atoms with E-state index in [1.165, 1.54) is 12.1 Å². The van der Waals surface area contributed by atoms with E-state index in [1.54, 1.807) is 12.1 Å². The van der Waals surface area contributed by atoms with E-state index >= 15 is 0 Å². The van der Waals surface area contributed by atoms with Crippen molar-refractivity contribution in [1.82, 2.24) is 0 Å². The van der Waals surface area contributed by atoms with Crippen molar-refractivity contribution in [3.63, 3.8) is 0 Å². The molecule has 1 radical (unpaired) electrons. The van der Waals surface area contributed by atoms with Crippen LogP contribution in [0.3, 0.4) is 0 Å². The van der Waals surface area contributed by atoms with E-state index < -0.39 is 0 Å². The lowest BCUT2D eigenvalue weighted by Crippen LogP contribution is -1.92. The van der Waals surface area contributed by atoms with Gasteiger partial charge >= 0.3 is 0 Å². The summed E-state index contributed by atoms with van der Waals surface area (Å²) in [6.45, 7) is 3.95. The van der Waals surface area contributed by atoms with E-state index in [-0.39, 0.29) is 10.6 Å². The minimum Gasteiger partial charge on any atom is -0.258 e. The van der Waals surface area contributed by atoms with Crippen LogP contribution in [0.5, 0.6) is 0 Å². The van der Waals surface area contributed by atoms with Gasteiger partial charge in [0, 0.05) is 12.1 Å². The first-order valence-electron chi connectivity index (χ1n) is 5.30. The summed E-state index contributed by atoms with van der Waals surface area (Å²) in [5.41, 5.74) is 3.30. The molecule has 3 heteroatoms. The van der Waals surface area contributed by atoms with Crippen molar-refractivity contribution in [2.24, 2.45) is 0 Å². The summed E-state index contributed by atoms with van der Waals surface area (Å²) in [7, 11) is 0. The van der Waals surface area contributed by atoms with Crippen LogP contribution in [-0.4, -0.2) is 4.92 Å². The third-order valence-electron chi connectivity index (χ3n) is 2.66. The Kier molecular flexibility index (Phi) is 3.19. The molecule has 0 fully saturated rings. The summed E-state index contributed by atoms with van der Waals surface area (Å²) in [5.74, 6) is 0. The van der Waals surface area contributed by atoms with Gasteiger partial charge in [0.25, 0.3) is 5.69 Å². The fourth-order valence-electron chi connectivity index (χ4n) is 1.69. The number of hydrogen-bond donors (Lipinski definition) is 0. The lowest BCUT2D eigenvalue weighted by Gasteiger charge is -2.05. The topological polar surface area (TPSA) is 43.1 Å². The van der Waals surface area contributed by atoms with Crippen molar-refractivity contribution < 1.29 is 4.92 Å². The molecule has 2 rings (SSSR count). The van der Waals surface area contributed by atoms with E-state index in [0.29, 0.717) is 0 Å². The average Bonchev–Trinajstić information content (AvgIpc) is 2.33. The molecule has 85 valence electrons. The zero-order chi connectivity index (χ0) is 12.3. The molecular weight excluding hydrogens is 214 g/mol. The van der Waals surface area contributed by atoms with Crippen LogP contribution in [-0.2, 0) is 6.42 Å². The van der Waals surface area contributed by atoms with Crippen molar-refractivity contribution in [3.05, 3.63) is 82.3 Å². The highest BCUT2D eigenvalue weighted by atomic mass is 16.6. The molecule has 0 atom stereocenters. The molecule has 0 aromatic heterocycles. The lowest BCUT2D eigenvalue weighted by atomic mass is 10.0. The van der Waals surface area contributed by atoms with Gasteiger partial charge in [-0.15, -0.1) is 0 Å². The van der Waals surface area contributed by atoms with Gasteiger partial charge in [0.15, 0.2) is 0 Å². The highest BCUT2D eigenvalue weighted by Gasteiger charge is 2.05. The van der Waals surface area contributed by atoms with Crippen LogP contribution in [0.4, 0.5) is 5.69 Å². The van der Waals surface area contributed by atoms with Crippen molar-refractivity contribution >= 4 is 5.69 Å². The standard InChI is InChI=1S/C14H12NO2/c1-11-4-2-3-5-13(11)10-12-6-8-14(9-7-12)15(16)17/h2-9H,1,10H2. The third kappa shape index (κ3) is 2.69. The Morgan fingerprint density at radius 3 is 2.29 bits per heavy atom. The van der Waals surface area contributed by atoms with Crippen molar-refractivity contribution in [1.29, 1.82) is 0 Å². The van der Waals surface area contributed by atoms with E-state index in [9.17, 15) is 10.1 Å². The monoisotopic (exact) mass is 226 g/mol. The Balaban J connectivity index is 2.20. The Morgan fingerprint density at radius 1 is 1.06 bits per heavy atom. The normalized spacial score (nSPS) is 10.2. The van der Waals surface area contributed by atoms with Crippen LogP contribution >= 0.6 is 0 Å². The number of rotatable bonds is 3. The molecule has 2 aromatic rings. The minimum absolute atomic E-state index is 0.122. The highest BCUT2D eigenvalue weighted by molar-refractivity contribution is 5.38. The fraction of sp³-hybridized carbons (Fsp3) is 0.0714. The number of nitrogens with zero attached hydrogens (tertiary/aromatic N) is 1. The minimum atomic E-state index is -0.390. The van der Waals surface area contributed by atoms with E-state index in [1.807, 2.05) is 24.3 Å². The molecule has 0 saturated carbocycles. The Morgan fingerprint density at radius 2 is 1.71 bits per heavy atom. The molecule has 17 heavy (non-hydrogen) atoms. The third-order valence-corrected chi connectivity index (χ3v) is 2.66. The van der Waals surface area contributed by atoms with Gasteiger partial charge in [-0.2, -0.15) is 0 Å². The number of nitro benzene ring substituents is 1. The molecule has 0 bridgehead atoms. The maximum atomic E-state index is 10.5. The molecule has 0 aliphatic heterocycles. The van der Waals surface area contributed by atoms with Crippen molar-refractivity contribution in [2.45, 2.75) is 6.42 Å². The van der Waals surface area contributed by atoms with Gasteiger partial charge in [-0.1, -0.05) is 36.4 Å². The summed E-state index contributed by atoms with van der Waals surface area (Å²) in [4.78, 5) is 10.1. The quantitative estimate of drug-likeness (QED) is 0.594. The number of non-ortho nitro benzene ring substituents is 1. The van der Waals surface area contributed by atoms with Crippen LogP contribution in [0, 0.1) is 17.0 Å². The molecule has 0 spiro atoms. The Bertz CT molecular complexity index is 532. The van der Waals surface area contributed by atoms with E-state index in [0.717, 1.165) is 23.1 Å². The molecule has 0 saturated heterocycles. The first kappa shape index (κ1) is 11.3. The molecule has 2 aromatic carbocycles. The fourth-order valence-corrected chi connectivity index (χ4v) is 1.69. The van der Waals surface area contributed by atoms with Gasteiger partial charge in [0.1, 0.15) is 0 Å². The maximum Gasteiger partial charge on any atom is 0.269 e. The van der Waals surface area contributed by atoms with Crippen LogP contribution < -0.4 is 0 Å². The van der Waals surface area contributed by atoms with Crippen molar-refractivity contribution in [3.8, 4) is 0 Å². The van der Waals surface area contributed by atoms with Crippen LogP contribution in [0.1, 0.15) is 16.7 Å². The maximum absolute atomic E-state index is 10.5. The number of benzene rings is 2. The highest BCUT2D eigenvalue weighted by Crippen LogP contribution is 2.16. The predicted molar refractivity (Wildman–Crippen MR) is 66.8 cm³/mol. The summed E-state index contributed by atoms with van der Waals surface area (Å²) >= 11 is 0. The van der Waals surface area contributed by atoms with E-state index in [4.69, 9.17) is 0 Å². The Hall–Kier alpha value is -2.16. The molecule has 0 aliphatic rings. The predicted octanol–water partition coefficient (Wildman–Crippen LogP) is 3.37. The van der Waals surface area contributed by atoms with Crippen LogP contribution in [0.2, 0.25) is 0 Å². The Labute approximate surface area is 99.9 Å². The second kappa shape index (κ2) is 4.78. The average molecular weight is 226 g/mol. The van der Waals surface area contributed by atoms with Gasteiger partial charge in [0.05, 0.1) is 4.92 Å². The molecule has 3 nitrogen and oxygen atoms in total. The van der Waals surface area contributed by atoms with E-state index in [2.05, 4.69) is 6.92 Å². The summed E-state index contributed by atoms with van der Waals surface area (Å²) < 4.78 is 0. The van der Waals surface area contributed by atoms with Crippen LogP contribution in [0.15, 0.2) is 48.5 Å².